The van der Waals surface area contributed by atoms with Gasteiger partial charge in [0.15, 0.2) is 16.7 Å². The fourth-order valence-electron chi connectivity index (χ4n) is 2.92. The molecule has 0 unspecified atom stereocenters. The van der Waals surface area contributed by atoms with Gasteiger partial charge in [0.1, 0.15) is 6.61 Å². The molecule has 1 aliphatic rings. The smallest absolute Gasteiger partial charge is 0.266 e. The average molecular weight is 562 g/mol. The van der Waals surface area contributed by atoms with Gasteiger partial charge >= 0.3 is 0 Å². The van der Waals surface area contributed by atoms with Crippen molar-refractivity contribution in [1.29, 1.82) is 0 Å². The van der Waals surface area contributed by atoms with Crippen LogP contribution in [0.1, 0.15) is 12.5 Å². The number of ether oxygens (including phenoxy) is 3. The van der Waals surface area contributed by atoms with Crippen molar-refractivity contribution in [3.63, 3.8) is 0 Å². The van der Waals surface area contributed by atoms with Crippen molar-refractivity contribution in [2.45, 2.75) is 6.92 Å². The zero-order valence-electron chi connectivity index (χ0n) is 17.8. The van der Waals surface area contributed by atoms with Gasteiger partial charge < -0.3 is 14.2 Å². The highest BCUT2D eigenvalue weighted by Crippen LogP contribution is 2.38. The molecule has 1 fully saturated rings. The summed E-state index contributed by atoms with van der Waals surface area (Å²) in [4.78, 5) is 20.0. The third kappa shape index (κ3) is 6.06. The molecule has 0 bridgehead atoms. The van der Waals surface area contributed by atoms with Gasteiger partial charge in [0, 0.05) is 7.11 Å². The number of hydrogen-bond donors (Lipinski definition) is 0. The predicted molar refractivity (Wildman–Crippen MR) is 137 cm³/mol. The van der Waals surface area contributed by atoms with Gasteiger partial charge in [-0.05, 0) is 77.2 Å². The largest absolute Gasteiger partial charge is 0.490 e. The first kappa shape index (κ1) is 24.2. The lowest BCUT2D eigenvalue weighted by atomic mass is 10.2. The van der Waals surface area contributed by atoms with Crippen molar-refractivity contribution < 1.29 is 19.0 Å². The molecule has 2 aromatic rings. The molecule has 1 saturated heterocycles. The molecule has 6 nitrogen and oxygen atoms in total. The van der Waals surface area contributed by atoms with Crippen LogP contribution in [0.2, 0.25) is 0 Å². The molecule has 0 saturated carbocycles. The lowest BCUT2D eigenvalue weighted by molar-refractivity contribution is -0.122. The van der Waals surface area contributed by atoms with Crippen molar-refractivity contribution in [3.05, 3.63) is 56.5 Å². The Kier molecular flexibility index (Phi) is 9.02. The number of hydrogen-bond acceptors (Lipinski definition) is 6. The summed E-state index contributed by atoms with van der Waals surface area (Å²) in [5.41, 5.74) is 1.61. The Hall–Kier alpha value is -2.48. The molecule has 0 aliphatic carbocycles. The normalized spacial score (nSPS) is 15.9. The quantitative estimate of drug-likeness (QED) is 0.246. The second kappa shape index (κ2) is 11.9. The van der Waals surface area contributed by atoms with Gasteiger partial charge in [0.05, 0.1) is 33.9 Å². The summed E-state index contributed by atoms with van der Waals surface area (Å²) >= 11 is 3.52. The topological polar surface area (TPSA) is 60.4 Å². The minimum absolute atomic E-state index is 0.109. The molecule has 0 spiro atoms. The van der Waals surface area contributed by atoms with Crippen LogP contribution < -0.4 is 9.47 Å². The Balaban J connectivity index is 1.96. The van der Waals surface area contributed by atoms with E-state index in [4.69, 9.17) is 20.6 Å². The van der Waals surface area contributed by atoms with Crippen LogP contribution in [-0.4, -0.2) is 49.4 Å². The van der Waals surface area contributed by atoms with Gasteiger partial charge in [-0.3, -0.25) is 9.69 Å². The minimum Gasteiger partial charge on any atom is -0.490 e. The van der Waals surface area contributed by atoms with Gasteiger partial charge in [-0.2, -0.15) is 0 Å². The summed E-state index contributed by atoms with van der Waals surface area (Å²) in [6.07, 6.45) is 7.17. The zero-order chi connectivity index (χ0) is 22.9. The van der Waals surface area contributed by atoms with Gasteiger partial charge in [-0.1, -0.05) is 24.1 Å². The van der Waals surface area contributed by atoms with E-state index in [-0.39, 0.29) is 12.5 Å². The molecule has 8 heteroatoms. The van der Waals surface area contributed by atoms with E-state index in [1.807, 2.05) is 55.5 Å². The number of carbonyl (C=O) groups excluding carboxylic acids is 1. The van der Waals surface area contributed by atoms with Crippen LogP contribution in [0.5, 0.6) is 11.5 Å². The van der Waals surface area contributed by atoms with Gasteiger partial charge in [0.2, 0.25) is 0 Å². The van der Waals surface area contributed by atoms with Gasteiger partial charge in [-0.25, -0.2) is 4.99 Å². The number of carbonyl (C=O) groups is 1. The van der Waals surface area contributed by atoms with Crippen molar-refractivity contribution >= 4 is 57.2 Å². The van der Waals surface area contributed by atoms with Crippen LogP contribution >= 0.6 is 34.4 Å². The number of aliphatic imine (C=N–C) groups is 1. The van der Waals surface area contributed by atoms with Crippen molar-refractivity contribution in [1.82, 2.24) is 4.90 Å². The highest BCUT2D eigenvalue weighted by atomic mass is 127. The van der Waals surface area contributed by atoms with Crippen LogP contribution in [0, 0.1) is 15.9 Å². The molecule has 32 heavy (non-hydrogen) atoms. The molecule has 0 atom stereocenters. The number of halogens is 1. The van der Waals surface area contributed by atoms with E-state index in [0.717, 1.165) is 14.8 Å². The number of thioether (sulfide) groups is 1. The van der Waals surface area contributed by atoms with Crippen molar-refractivity contribution in [2.75, 3.05) is 33.5 Å². The van der Waals surface area contributed by atoms with Crippen LogP contribution in [0.25, 0.3) is 6.08 Å². The molecular weight excluding hydrogens is 539 g/mol. The predicted octanol–water partition coefficient (Wildman–Crippen LogP) is 4.95. The van der Waals surface area contributed by atoms with E-state index in [1.54, 1.807) is 12.0 Å². The lowest BCUT2D eigenvalue weighted by Gasteiger charge is -2.14. The van der Waals surface area contributed by atoms with Gasteiger partial charge in [0.25, 0.3) is 5.91 Å². The van der Waals surface area contributed by atoms with Crippen LogP contribution in [0.4, 0.5) is 5.69 Å². The highest BCUT2D eigenvalue weighted by Gasteiger charge is 2.33. The number of terminal acetylenes is 1. The third-order valence-corrected chi connectivity index (χ3v) is 6.13. The molecular formula is C24H23IN2O4S. The summed E-state index contributed by atoms with van der Waals surface area (Å²) in [6.45, 7) is 3.37. The van der Waals surface area contributed by atoms with Crippen LogP contribution in [-0.2, 0) is 9.53 Å². The number of amidine groups is 1. The summed E-state index contributed by atoms with van der Waals surface area (Å²) < 4.78 is 17.4. The number of nitrogens with zero attached hydrogens (tertiary/aromatic N) is 2. The summed E-state index contributed by atoms with van der Waals surface area (Å²) in [7, 11) is 1.61. The molecule has 3 rings (SSSR count). The Morgan fingerprint density at radius 3 is 2.72 bits per heavy atom. The van der Waals surface area contributed by atoms with E-state index >= 15 is 0 Å². The Morgan fingerprint density at radius 2 is 2.03 bits per heavy atom. The monoisotopic (exact) mass is 562 g/mol. The number of rotatable bonds is 9. The number of amides is 1. The first-order valence-electron chi connectivity index (χ1n) is 9.94. The average Bonchev–Trinajstić information content (AvgIpc) is 3.06. The lowest BCUT2D eigenvalue weighted by Crippen LogP contribution is -2.32. The van der Waals surface area contributed by atoms with Crippen molar-refractivity contribution in [3.8, 4) is 23.8 Å². The minimum atomic E-state index is -0.109. The summed E-state index contributed by atoms with van der Waals surface area (Å²) in [5, 5.41) is 0.623. The number of para-hydroxylation sites is 1. The first-order chi connectivity index (χ1) is 15.6. The molecule has 0 N–H and O–H groups in total. The maximum Gasteiger partial charge on any atom is 0.266 e. The molecule has 1 amide bonds. The number of benzene rings is 2. The molecule has 0 aromatic heterocycles. The maximum atomic E-state index is 13.1. The second-order valence-corrected chi connectivity index (χ2v) is 8.72. The van der Waals surface area contributed by atoms with Crippen LogP contribution in [0.15, 0.2) is 52.4 Å². The van der Waals surface area contributed by atoms with E-state index in [0.29, 0.717) is 41.3 Å². The molecule has 1 aliphatic heterocycles. The van der Waals surface area contributed by atoms with Crippen LogP contribution in [0.3, 0.4) is 0 Å². The van der Waals surface area contributed by atoms with E-state index in [9.17, 15) is 4.79 Å². The SMILES string of the molecule is C#CCOc1c(I)cc(/C=C2\SC(=Nc3ccccc3)N(CCOC)C2=O)cc1OCC. The third-order valence-electron chi connectivity index (χ3n) is 4.32. The maximum absolute atomic E-state index is 13.1. The number of methoxy groups -OCH3 is 1. The van der Waals surface area contributed by atoms with E-state index < -0.39 is 0 Å². The fraction of sp³-hybridized carbons (Fsp3) is 0.250. The molecule has 1 heterocycles. The Morgan fingerprint density at radius 1 is 1.25 bits per heavy atom. The van der Waals surface area contributed by atoms with Crippen molar-refractivity contribution in [2.24, 2.45) is 4.99 Å². The Labute approximate surface area is 206 Å². The molecule has 166 valence electrons. The summed E-state index contributed by atoms with van der Waals surface area (Å²) in [5.74, 6) is 3.55. The molecule has 2 aromatic carbocycles. The summed E-state index contributed by atoms with van der Waals surface area (Å²) in [6, 6.07) is 13.3. The first-order valence-corrected chi connectivity index (χ1v) is 11.8. The fourth-order valence-corrected chi connectivity index (χ4v) is 4.73. The standard InChI is InChI=1S/C24H23IN2O4S/c1-4-12-31-22-19(25)14-17(15-20(22)30-5-2)16-21-23(28)27(11-13-29-3)24(32-21)26-18-9-7-6-8-10-18/h1,6-10,14-16H,5,11-13H2,2-3H3/b21-16-,26-24?. The van der Waals surface area contributed by atoms with E-state index in [2.05, 4.69) is 33.5 Å². The zero-order valence-corrected chi connectivity index (χ0v) is 20.8. The van der Waals surface area contributed by atoms with E-state index in [1.165, 1.54) is 11.8 Å². The second-order valence-electron chi connectivity index (χ2n) is 6.55. The van der Waals surface area contributed by atoms with Gasteiger partial charge in [-0.15, -0.1) is 6.42 Å². The highest BCUT2D eigenvalue weighted by molar-refractivity contribution is 14.1. The molecule has 0 radical (unpaired) electrons. The Bertz CT molecular complexity index is 1060.